The second-order valence-electron chi connectivity index (χ2n) is 4.30. The Balaban J connectivity index is 2.67. The van der Waals surface area contributed by atoms with Crippen molar-refractivity contribution in [3.63, 3.8) is 0 Å². The third kappa shape index (κ3) is 1.69. The zero-order valence-electron chi connectivity index (χ0n) is 9.94. The smallest absolute Gasteiger partial charge is 0.0462 e. The Labute approximate surface area is 95.9 Å². The largest absolute Gasteiger partial charge is 0.398 e. The number of nitrogen functional groups attached to an aromatic ring is 1. The van der Waals surface area contributed by atoms with E-state index in [1.54, 1.807) is 6.20 Å². The summed E-state index contributed by atoms with van der Waals surface area (Å²) in [5.74, 6) is 0. The van der Waals surface area contributed by atoms with E-state index < -0.39 is 0 Å². The van der Waals surface area contributed by atoms with Crippen LogP contribution in [0.1, 0.15) is 13.8 Å². The SMILES string of the molecule is CC(C)N(C)c1ccc(N)c2ccncc12. The molecule has 16 heavy (non-hydrogen) atoms. The minimum atomic E-state index is 0.451. The van der Waals surface area contributed by atoms with Crippen molar-refractivity contribution >= 4 is 22.1 Å². The third-order valence-electron chi connectivity index (χ3n) is 2.98. The van der Waals surface area contributed by atoms with Crippen LogP contribution in [0, 0.1) is 0 Å². The van der Waals surface area contributed by atoms with E-state index in [9.17, 15) is 0 Å². The predicted octanol–water partition coefficient (Wildman–Crippen LogP) is 2.66. The molecule has 1 aromatic carbocycles. The molecule has 2 aromatic rings. The zero-order valence-corrected chi connectivity index (χ0v) is 9.94. The van der Waals surface area contributed by atoms with Gasteiger partial charge < -0.3 is 10.6 Å². The number of rotatable bonds is 2. The van der Waals surface area contributed by atoms with Gasteiger partial charge in [0.25, 0.3) is 0 Å². The van der Waals surface area contributed by atoms with Gasteiger partial charge >= 0.3 is 0 Å². The highest BCUT2D eigenvalue weighted by atomic mass is 15.1. The van der Waals surface area contributed by atoms with Crippen LogP contribution in [0.4, 0.5) is 11.4 Å². The standard InChI is InChI=1S/C13H17N3/c1-9(2)16(3)13-5-4-12(14)10-6-7-15-8-11(10)13/h4-9H,14H2,1-3H3. The van der Waals surface area contributed by atoms with Crippen LogP contribution in [0.2, 0.25) is 0 Å². The molecule has 2 N–H and O–H groups in total. The van der Waals surface area contributed by atoms with Crippen LogP contribution >= 0.6 is 0 Å². The Morgan fingerprint density at radius 3 is 2.62 bits per heavy atom. The van der Waals surface area contributed by atoms with Crippen LogP contribution in [0.25, 0.3) is 10.8 Å². The van der Waals surface area contributed by atoms with Crippen molar-refractivity contribution in [1.29, 1.82) is 0 Å². The van der Waals surface area contributed by atoms with Crippen LogP contribution < -0.4 is 10.6 Å². The number of fused-ring (bicyclic) bond motifs is 1. The lowest BCUT2D eigenvalue weighted by Gasteiger charge is -2.25. The lowest BCUT2D eigenvalue weighted by atomic mass is 10.1. The maximum atomic E-state index is 5.96. The molecule has 0 fully saturated rings. The van der Waals surface area contributed by atoms with Crippen LogP contribution in [-0.4, -0.2) is 18.1 Å². The zero-order chi connectivity index (χ0) is 11.7. The van der Waals surface area contributed by atoms with Crippen LogP contribution in [0.15, 0.2) is 30.6 Å². The number of nitrogens with zero attached hydrogens (tertiary/aromatic N) is 2. The van der Waals surface area contributed by atoms with E-state index in [4.69, 9.17) is 5.73 Å². The van der Waals surface area contributed by atoms with E-state index in [1.165, 1.54) is 5.69 Å². The van der Waals surface area contributed by atoms with E-state index in [2.05, 4.69) is 36.8 Å². The first-order valence-corrected chi connectivity index (χ1v) is 5.46. The maximum absolute atomic E-state index is 5.96. The van der Waals surface area contributed by atoms with Crippen LogP contribution in [-0.2, 0) is 0 Å². The number of nitrogens with two attached hydrogens (primary N) is 1. The summed E-state index contributed by atoms with van der Waals surface area (Å²) < 4.78 is 0. The molecule has 0 saturated carbocycles. The van der Waals surface area contributed by atoms with E-state index in [0.717, 1.165) is 16.5 Å². The minimum Gasteiger partial charge on any atom is -0.398 e. The van der Waals surface area contributed by atoms with Crippen LogP contribution in [0.3, 0.4) is 0 Å². The lowest BCUT2D eigenvalue weighted by Crippen LogP contribution is -2.25. The lowest BCUT2D eigenvalue weighted by molar-refractivity contribution is 0.757. The Morgan fingerprint density at radius 2 is 1.94 bits per heavy atom. The second kappa shape index (κ2) is 4.00. The molecule has 3 nitrogen and oxygen atoms in total. The predicted molar refractivity (Wildman–Crippen MR) is 69.7 cm³/mol. The average Bonchev–Trinajstić information content (AvgIpc) is 2.29. The van der Waals surface area contributed by atoms with Gasteiger partial charge in [0.05, 0.1) is 0 Å². The molecule has 0 unspecified atom stereocenters. The molecule has 2 rings (SSSR count). The van der Waals surface area contributed by atoms with Crippen molar-refractivity contribution in [2.24, 2.45) is 0 Å². The van der Waals surface area contributed by atoms with Crippen molar-refractivity contribution in [2.75, 3.05) is 17.7 Å². The van der Waals surface area contributed by atoms with E-state index in [0.29, 0.717) is 6.04 Å². The first kappa shape index (κ1) is 10.7. The van der Waals surface area contributed by atoms with Crippen molar-refractivity contribution in [2.45, 2.75) is 19.9 Å². The normalized spacial score (nSPS) is 11.0. The Morgan fingerprint density at radius 1 is 1.19 bits per heavy atom. The molecular weight excluding hydrogens is 198 g/mol. The number of benzene rings is 1. The maximum Gasteiger partial charge on any atom is 0.0462 e. The summed E-state index contributed by atoms with van der Waals surface area (Å²) in [5.41, 5.74) is 7.93. The highest BCUT2D eigenvalue weighted by Gasteiger charge is 2.10. The molecular formula is C13H17N3. The topological polar surface area (TPSA) is 42.1 Å². The number of hydrogen-bond donors (Lipinski definition) is 1. The molecule has 0 aliphatic carbocycles. The van der Waals surface area contributed by atoms with Crippen molar-refractivity contribution in [1.82, 2.24) is 4.98 Å². The second-order valence-corrected chi connectivity index (χ2v) is 4.30. The van der Waals surface area contributed by atoms with E-state index >= 15 is 0 Å². The van der Waals surface area contributed by atoms with Gasteiger partial charge in [0.15, 0.2) is 0 Å². The van der Waals surface area contributed by atoms with Gasteiger partial charge in [0.1, 0.15) is 0 Å². The summed E-state index contributed by atoms with van der Waals surface area (Å²) in [7, 11) is 2.09. The van der Waals surface area contributed by atoms with Gasteiger partial charge in [-0.2, -0.15) is 0 Å². The Hall–Kier alpha value is -1.77. The Kier molecular flexibility index (Phi) is 2.69. The number of aromatic nitrogens is 1. The number of anilines is 2. The molecule has 1 aromatic heterocycles. The van der Waals surface area contributed by atoms with Crippen molar-refractivity contribution in [3.05, 3.63) is 30.6 Å². The highest BCUT2D eigenvalue weighted by Crippen LogP contribution is 2.30. The van der Waals surface area contributed by atoms with Crippen molar-refractivity contribution < 1.29 is 0 Å². The third-order valence-corrected chi connectivity index (χ3v) is 2.98. The molecule has 84 valence electrons. The molecule has 0 aliphatic rings. The Bertz CT molecular complexity index is 506. The summed E-state index contributed by atoms with van der Waals surface area (Å²) >= 11 is 0. The monoisotopic (exact) mass is 215 g/mol. The van der Waals surface area contributed by atoms with Crippen molar-refractivity contribution in [3.8, 4) is 0 Å². The van der Waals surface area contributed by atoms with Gasteiger partial charge in [0.2, 0.25) is 0 Å². The fraction of sp³-hybridized carbons (Fsp3) is 0.308. The highest BCUT2D eigenvalue weighted by molar-refractivity contribution is 6.00. The van der Waals surface area contributed by atoms with Gasteiger partial charge in [-0.25, -0.2) is 0 Å². The molecule has 3 heteroatoms. The molecule has 0 saturated heterocycles. The first-order chi connectivity index (χ1) is 7.61. The van der Waals surface area contributed by atoms with E-state index in [1.807, 2.05) is 18.3 Å². The first-order valence-electron chi connectivity index (χ1n) is 5.46. The summed E-state index contributed by atoms with van der Waals surface area (Å²) in [5, 5.41) is 2.18. The minimum absolute atomic E-state index is 0.451. The molecule has 1 heterocycles. The van der Waals surface area contributed by atoms with Gasteiger partial charge in [0, 0.05) is 47.6 Å². The van der Waals surface area contributed by atoms with E-state index in [-0.39, 0.29) is 0 Å². The molecule has 0 spiro atoms. The fourth-order valence-electron chi connectivity index (χ4n) is 1.78. The number of pyridine rings is 1. The summed E-state index contributed by atoms with van der Waals surface area (Å²) in [4.78, 5) is 6.40. The molecule has 0 atom stereocenters. The van der Waals surface area contributed by atoms with Gasteiger partial charge in [-0.1, -0.05) is 0 Å². The average molecular weight is 215 g/mol. The molecule has 0 amide bonds. The van der Waals surface area contributed by atoms with Gasteiger partial charge in [-0.05, 0) is 32.0 Å². The fourth-order valence-corrected chi connectivity index (χ4v) is 1.78. The van der Waals surface area contributed by atoms with Gasteiger partial charge in [-0.15, -0.1) is 0 Å². The summed E-state index contributed by atoms with van der Waals surface area (Å²) in [6.45, 7) is 4.33. The quantitative estimate of drug-likeness (QED) is 0.783. The van der Waals surface area contributed by atoms with Crippen LogP contribution in [0.5, 0.6) is 0 Å². The molecule has 0 bridgehead atoms. The van der Waals surface area contributed by atoms with Gasteiger partial charge in [-0.3, -0.25) is 4.98 Å². The number of hydrogen-bond acceptors (Lipinski definition) is 3. The molecule has 0 radical (unpaired) electrons. The summed E-state index contributed by atoms with van der Waals surface area (Å²) in [6.07, 6.45) is 3.65. The molecule has 0 aliphatic heterocycles. The summed E-state index contributed by atoms with van der Waals surface area (Å²) in [6, 6.07) is 6.42.